The maximum absolute atomic E-state index is 14.0. The van der Waals surface area contributed by atoms with E-state index in [2.05, 4.69) is 20.1 Å². The molecule has 0 amide bonds. The first-order valence-corrected chi connectivity index (χ1v) is 10.9. The topological polar surface area (TPSA) is 49.3 Å². The van der Waals surface area contributed by atoms with E-state index >= 15 is 0 Å². The maximum atomic E-state index is 14.0. The van der Waals surface area contributed by atoms with Crippen molar-refractivity contribution in [2.45, 2.75) is 31.9 Å². The van der Waals surface area contributed by atoms with Crippen molar-refractivity contribution >= 4 is 17.6 Å². The summed E-state index contributed by atoms with van der Waals surface area (Å²) in [5, 5.41) is 3.92. The number of piperazine rings is 1. The molecule has 2 saturated heterocycles. The summed E-state index contributed by atoms with van der Waals surface area (Å²) in [6, 6.07) is 4.85. The Balaban J connectivity index is 1.35. The Hall–Kier alpha value is -1.41. The molecule has 2 aliphatic heterocycles. The van der Waals surface area contributed by atoms with Crippen LogP contribution in [0, 0.1) is 5.82 Å². The van der Waals surface area contributed by atoms with Gasteiger partial charge in [0.25, 0.3) is 0 Å². The fourth-order valence-corrected chi connectivity index (χ4v) is 3.94. The number of guanidine groups is 1. The molecule has 2 heterocycles. The number of ether oxygens (including phenoxy) is 2. The van der Waals surface area contributed by atoms with Gasteiger partial charge in [-0.15, -0.1) is 0 Å². The Morgan fingerprint density at radius 1 is 1.28 bits per heavy atom. The first kappa shape index (κ1) is 22.3. The average molecular weight is 427 g/mol. The van der Waals surface area contributed by atoms with E-state index < -0.39 is 0 Å². The average Bonchev–Trinajstić information content (AvgIpc) is 2.75. The van der Waals surface area contributed by atoms with Crippen LogP contribution in [0.5, 0.6) is 0 Å². The van der Waals surface area contributed by atoms with Crippen molar-refractivity contribution in [3.8, 4) is 0 Å². The molecule has 29 heavy (non-hydrogen) atoms. The van der Waals surface area contributed by atoms with E-state index in [1.807, 2.05) is 7.05 Å². The smallest absolute Gasteiger partial charge is 0.193 e. The summed E-state index contributed by atoms with van der Waals surface area (Å²) in [7, 11) is 1.81. The van der Waals surface area contributed by atoms with E-state index in [0.717, 1.165) is 77.8 Å². The monoisotopic (exact) mass is 426 g/mol. The molecule has 0 unspecified atom stereocenters. The summed E-state index contributed by atoms with van der Waals surface area (Å²) in [4.78, 5) is 8.89. The predicted molar refractivity (Wildman–Crippen MR) is 114 cm³/mol. The normalized spacial score (nSPS) is 19.6. The van der Waals surface area contributed by atoms with Crippen LogP contribution in [0.15, 0.2) is 23.2 Å². The number of hydrogen-bond acceptors (Lipinski definition) is 4. The van der Waals surface area contributed by atoms with Gasteiger partial charge in [-0.05, 0) is 31.4 Å². The summed E-state index contributed by atoms with van der Waals surface area (Å²) < 4.78 is 25.3. The fourth-order valence-electron chi connectivity index (χ4n) is 3.72. The minimum Gasteiger partial charge on any atom is -0.381 e. The van der Waals surface area contributed by atoms with Crippen LogP contribution in [0.2, 0.25) is 5.02 Å². The zero-order chi connectivity index (χ0) is 20.5. The zero-order valence-electron chi connectivity index (χ0n) is 17.2. The molecule has 6 nitrogen and oxygen atoms in total. The molecule has 3 rings (SSSR count). The lowest BCUT2D eigenvalue weighted by Gasteiger charge is -2.36. The molecule has 2 aliphatic rings. The quantitative estimate of drug-likeness (QED) is 0.413. The van der Waals surface area contributed by atoms with Gasteiger partial charge in [0.2, 0.25) is 0 Å². The van der Waals surface area contributed by atoms with Crippen molar-refractivity contribution in [2.24, 2.45) is 4.99 Å². The highest BCUT2D eigenvalue weighted by atomic mass is 35.5. The number of aliphatic imine (C=N–C) groups is 1. The third-order valence-electron chi connectivity index (χ3n) is 5.45. The van der Waals surface area contributed by atoms with E-state index in [4.69, 9.17) is 21.1 Å². The van der Waals surface area contributed by atoms with Gasteiger partial charge < -0.3 is 19.7 Å². The number of nitrogens with one attached hydrogen (secondary N) is 1. The summed E-state index contributed by atoms with van der Waals surface area (Å²) >= 11 is 6.16. The molecule has 0 aromatic heterocycles. The van der Waals surface area contributed by atoms with Crippen molar-refractivity contribution in [3.63, 3.8) is 0 Å². The van der Waals surface area contributed by atoms with Gasteiger partial charge in [0.15, 0.2) is 5.96 Å². The van der Waals surface area contributed by atoms with Crippen molar-refractivity contribution in [3.05, 3.63) is 34.6 Å². The molecule has 8 heteroatoms. The largest absolute Gasteiger partial charge is 0.381 e. The summed E-state index contributed by atoms with van der Waals surface area (Å²) in [5.41, 5.74) is 0.578. The highest BCUT2D eigenvalue weighted by Gasteiger charge is 2.21. The van der Waals surface area contributed by atoms with Crippen molar-refractivity contribution < 1.29 is 13.9 Å². The van der Waals surface area contributed by atoms with Crippen LogP contribution in [-0.2, 0) is 16.0 Å². The number of halogens is 2. The van der Waals surface area contributed by atoms with Gasteiger partial charge in [-0.3, -0.25) is 9.89 Å². The van der Waals surface area contributed by atoms with E-state index in [1.165, 1.54) is 6.07 Å². The SMILES string of the molecule is CN=C(NCCCOC1CCOCC1)N1CCN(Cc2c(F)cccc2Cl)CC1. The van der Waals surface area contributed by atoms with Gasteiger partial charge in [-0.25, -0.2) is 4.39 Å². The lowest BCUT2D eigenvalue weighted by Crippen LogP contribution is -2.52. The Bertz CT molecular complexity index is 642. The van der Waals surface area contributed by atoms with Gasteiger partial charge in [0, 0.05) is 76.7 Å². The van der Waals surface area contributed by atoms with E-state index in [1.54, 1.807) is 12.1 Å². The molecule has 0 spiro atoms. The highest BCUT2D eigenvalue weighted by Crippen LogP contribution is 2.21. The van der Waals surface area contributed by atoms with Crippen molar-refractivity contribution in [1.82, 2.24) is 15.1 Å². The lowest BCUT2D eigenvalue weighted by molar-refractivity contribution is -0.0320. The zero-order valence-corrected chi connectivity index (χ0v) is 18.0. The Kier molecular flexibility index (Phi) is 8.98. The summed E-state index contributed by atoms with van der Waals surface area (Å²) in [6.45, 7) is 7.14. The Morgan fingerprint density at radius 3 is 2.72 bits per heavy atom. The minimum atomic E-state index is -0.236. The first-order valence-electron chi connectivity index (χ1n) is 10.5. The third kappa shape index (κ3) is 6.81. The molecule has 0 saturated carbocycles. The number of hydrogen-bond donors (Lipinski definition) is 1. The van der Waals surface area contributed by atoms with E-state index in [0.29, 0.717) is 23.2 Å². The summed E-state index contributed by atoms with van der Waals surface area (Å²) in [5.74, 6) is 0.681. The van der Waals surface area contributed by atoms with Gasteiger partial charge in [0.1, 0.15) is 5.82 Å². The Labute approximate surface area is 178 Å². The van der Waals surface area contributed by atoms with Crippen LogP contribution in [0.1, 0.15) is 24.8 Å². The van der Waals surface area contributed by atoms with Crippen LogP contribution in [0.3, 0.4) is 0 Å². The van der Waals surface area contributed by atoms with Crippen LogP contribution in [-0.4, -0.2) is 81.5 Å². The van der Waals surface area contributed by atoms with Gasteiger partial charge in [0.05, 0.1) is 6.10 Å². The molecule has 0 radical (unpaired) electrons. The molecule has 0 atom stereocenters. The fraction of sp³-hybridized carbons (Fsp3) is 0.667. The van der Waals surface area contributed by atoms with Crippen LogP contribution in [0.4, 0.5) is 4.39 Å². The molecule has 162 valence electrons. The first-order chi connectivity index (χ1) is 14.2. The Morgan fingerprint density at radius 2 is 2.03 bits per heavy atom. The minimum absolute atomic E-state index is 0.236. The van der Waals surface area contributed by atoms with Gasteiger partial charge in [-0.1, -0.05) is 17.7 Å². The maximum Gasteiger partial charge on any atom is 0.193 e. The molecule has 2 fully saturated rings. The molecular weight excluding hydrogens is 395 g/mol. The van der Waals surface area contributed by atoms with Crippen LogP contribution in [0.25, 0.3) is 0 Å². The number of benzene rings is 1. The number of rotatable bonds is 7. The van der Waals surface area contributed by atoms with E-state index in [-0.39, 0.29) is 5.82 Å². The summed E-state index contributed by atoms with van der Waals surface area (Å²) in [6.07, 6.45) is 3.29. The third-order valence-corrected chi connectivity index (χ3v) is 5.81. The van der Waals surface area contributed by atoms with Crippen molar-refractivity contribution in [2.75, 3.05) is 59.6 Å². The van der Waals surface area contributed by atoms with E-state index in [9.17, 15) is 4.39 Å². The number of nitrogens with zero attached hydrogens (tertiary/aromatic N) is 3. The standard InChI is InChI=1S/C21H32ClFN4O2/c1-24-21(25-8-3-13-29-17-6-14-28-15-7-17)27-11-9-26(10-12-27)16-18-19(22)4-2-5-20(18)23/h2,4-5,17H,3,6-16H2,1H3,(H,24,25). The van der Waals surface area contributed by atoms with Crippen molar-refractivity contribution in [1.29, 1.82) is 0 Å². The second-order valence-electron chi connectivity index (χ2n) is 7.47. The van der Waals surface area contributed by atoms with Gasteiger partial charge in [-0.2, -0.15) is 0 Å². The lowest BCUT2D eigenvalue weighted by atomic mass is 10.1. The highest BCUT2D eigenvalue weighted by molar-refractivity contribution is 6.31. The predicted octanol–water partition coefficient (Wildman–Crippen LogP) is 2.76. The second kappa shape index (κ2) is 11.7. The molecular formula is C21H32ClFN4O2. The van der Waals surface area contributed by atoms with Crippen LogP contribution < -0.4 is 5.32 Å². The molecule has 0 aliphatic carbocycles. The molecule has 1 N–H and O–H groups in total. The van der Waals surface area contributed by atoms with Gasteiger partial charge >= 0.3 is 0 Å². The van der Waals surface area contributed by atoms with Crippen LogP contribution >= 0.6 is 11.6 Å². The molecule has 1 aromatic rings. The molecule has 1 aromatic carbocycles. The second-order valence-corrected chi connectivity index (χ2v) is 7.88. The molecule has 0 bridgehead atoms.